The normalized spacial score (nSPS) is 12.1. The Morgan fingerprint density at radius 1 is 1.56 bits per heavy atom. The molecule has 0 bridgehead atoms. The Labute approximate surface area is 113 Å². The molecular formula is C13H20ClN3O. The molecule has 1 aromatic rings. The molecule has 100 valence electrons. The van der Waals surface area contributed by atoms with Crippen molar-refractivity contribution in [3.8, 4) is 0 Å². The topological polar surface area (TPSA) is 45.2 Å². The Bertz CT molecular complexity index is 423. The van der Waals surface area contributed by atoms with Crippen molar-refractivity contribution in [2.45, 2.75) is 33.2 Å². The number of halogens is 1. The Hall–Kier alpha value is -1.29. The second kappa shape index (κ2) is 6.59. The van der Waals surface area contributed by atoms with Crippen LogP contribution in [0.1, 0.15) is 37.6 Å². The number of anilines is 1. The molecule has 4 nitrogen and oxygen atoms in total. The minimum Gasteiger partial charge on any atom is -0.369 e. The zero-order chi connectivity index (χ0) is 13.7. The first-order chi connectivity index (χ1) is 8.51. The molecule has 1 atom stereocenters. The molecule has 1 aromatic heterocycles. The van der Waals surface area contributed by atoms with Gasteiger partial charge in [0.05, 0.1) is 10.6 Å². The van der Waals surface area contributed by atoms with Crippen LogP contribution >= 0.6 is 11.6 Å². The number of rotatable bonds is 5. The van der Waals surface area contributed by atoms with Gasteiger partial charge in [0.15, 0.2) is 0 Å². The van der Waals surface area contributed by atoms with Crippen molar-refractivity contribution in [3.63, 3.8) is 0 Å². The lowest BCUT2D eigenvalue weighted by Crippen LogP contribution is -2.34. The molecule has 18 heavy (non-hydrogen) atoms. The van der Waals surface area contributed by atoms with Crippen molar-refractivity contribution < 1.29 is 4.79 Å². The van der Waals surface area contributed by atoms with Crippen LogP contribution in [0.5, 0.6) is 0 Å². The number of pyridine rings is 1. The summed E-state index contributed by atoms with van der Waals surface area (Å²) in [5, 5.41) is 3.51. The van der Waals surface area contributed by atoms with E-state index in [2.05, 4.69) is 10.3 Å². The SMILES string of the molecule is CCNc1ncc(C(=O)N(C)C(C)CC)cc1Cl. The highest BCUT2D eigenvalue weighted by molar-refractivity contribution is 6.33. The van der Waals surface area contributed by atoms with Gasteiger partial charge in [0.1, 0.15) is 5.82 Å². The summed E-state index contributed by atoms with van der Waals surface area (Å²) in [4.78, 5) is 18.0. The van der Waals surface area contributed by atoms with E-state index in [1.54, 1.807) is 24.2 Å². The van der Waals surface area contributed by atoms with Gasteiger partial charge in [-0.15, -0.1) is 0 Å². The Morgan fingerprint density at radius 2 is 2.22 bits per heavy atom. The van der Waals surface area contributed by atoms with Crippen LogP contribution in [-0.4, -0.2) is 35.4 Å². The second-order valence-corrected chi connectivity index (χ2v) is 4.67. The van der Waals surface area contributed by atoms with Crippen LogP contribution in [0.3, 0.4) is 0 Å². The molecule has 0 fully saturated rings. The van der Waals surface area contributed by atoms with Gasteiger partial charge in [-0.25, -0.2) is 4.98 Å². The Balaban J connectivity index is 2.90. The minimum absolute atomic E-state index is 0.0539. The molecule has 5 heteroatoms. The third-order valence-electron chi connectivity index (χ3n) is 3.00. The number of aromatic nitrogens is 1. The summed E-state index contributed by atoms with van der Waals surface area (Å²) in [5.41, 5.74) is 0.518. The summed E-state index contributed by atoms with van der Waals surface area (Å²) < 4.78 is 0. The second-order valence-electron chi connectivity index (χ2n) is 4.26. The standard InChI is InChI=1S/C13H20ClN3O/c1-5-9(3)17(4)13(18)10-7-11(14)12(15-6-2)16-8-10/h7-9H,5-6H2,1-4H3,(H,15,16). The molecule has 0 aliphatic heterocycles. The van der Waals surface area contributed by atoms with E-state index in [4.69, 9.17) is 11.6 Å². The van der Waals surface area contributed by atoms with Crippen molar-refractivity contribution in [2.24, 2.45) is 0 Å². The van der Waals surface area contributed by atoms with Gasteiger partial charge in [-0.3, -0.25) is 4.79 Å². The summed E-state index contributed by atoms with van der Waals surface area (Å²) in [6, 6.07) is 1.86. The molecule has 0 saturated heterocycles. The first-order valence-electron chi connectivity index (χ1n) is 6.17. The fourth-order valence-electron chi connectivity index (χ4n) is 1.53. The predicted molar refractivity (Wildman–Crippen MR) is 75.3 cm³/mol. The lowest BCUT2D eigenvalue weighted by Gasteiger charge is -2.23. The minimum atomic E-state index is -0.0539. The largest absolute Gasteiger partial charge is 0.369 e. The van der Waals surface area contributed by atoms with Crippen LogP contribution in [0.2, 0.25) is 5.02 Å². The van der Waals surface area contributed by atoms with E-state index >= 15 is 0 Å². The summed E-state index contributed by atoms with van der Waals surface area (Å²) in [5.74, 6) is 0.559. The van der Waals surface area contributed by atoms with Gasteiger partial charge in [-0.2, -0.15) is 0 Å². The van der Waals surface area contributed by atoms with Crippen LogP contribution in [0.4, 0.5) is 5.82 Å². The molecule has 0 saturated carbocycles. The molecule has 0 aliphatic rings. The van der Waals surface area contributed by atoms with E-state index in [0.717, 1.165) is 13.0 Å². The molecule has 1 heterocycles. The van der Waals surface area contributed by atoms with Gasteiger partial charge in [0, 0.05) is 25.8 Å². The van der Waals surface area contributed by atoms with Crippen molar-refractivity contribution >= 4 is 23.3 Å². The predicted octanol–water partition coefficient (Wildman–Crippen LogP) is 3.04. The number of hydrogen-bond acceptors (Lipinski definition) is 3. The van der Waals surface area contributed by atoms with Crippen LogP contribution in [-0.2, 0) is 0 Å². The first-order valence-corrected chi connectivity index (χ1v) is 6.55. The van der Waals surface area contributed by atoms with E-state index in [1.165, 1.54) is 0 Å². The lowest BCUT2D eigenvalue weighted by molar-refractivity contribution is 0.0740. The zero-order valence-corrected chi connectivity index (χ0v) is 12.1. The highest BCUT2D eigenvalue weighted by atomic mass is 35.5. The van der Waals surface area contributed by atoms with E-state index in [0.29, 0.717) is 16.4 Å². The monoisotopic (exact) mass is 269 g/mol. The van der Waals surface area contributed by atoms with Crippen LogP contribution < -0.4 is 5.32 Å². The molecule has 1 unspecified atom stereocenters. The van der Waals surface area contributed by atoms with Gasteiger partial charge in [-0.05, 0) is 26.3 Å². The fraction of sp³-hybridized carbons (Fsp3) is 0.538. The summed E-state index contributed by atoms with van der Waals surface area (Å²) >= 11 is 6.07. The molecule has 1 N–H and O–H groups in total. The molecule has 0 radical (unpaired) electrons. The molecule has 1 rings (SSSR count). The zero-order valence-electron chi connectivity index (χ0n) is 11.3. The van der Waals surface area contributed by atoms with Gasteiger partial charge in [-0.1, -0.05) is 18.5 Å². The molecule has 1 amide bonds. The van der Waals surface area contributed by atoms with E-state index < -0.39 is 0 Å². The summed E-state index contributed by atoms with van der Waals surface area (Å²) in [6.07, 6.45) is 2.48. The number of carbonyl (C=O) groups is 1. The van der Waals surface area contributed by atoms with E-state index in [1.807, 2.05) is 20.8 Å². The van der Waals surface area contributed by atoms with Gasteiger partial charge >= 0.3 is 0 Å². The maximum atomic E-state index is 12.2. The van der Waals surface area contributed by atoms with Gasteiger partial charge < -0.3 is 10.2 Å². The Morgan fingerprint density at radius 3 is 2.72 bits per heavy atom. The molecular weight excluding hydrogens is 250 g/mol. The van der Waals surface area contributed by atoms with Crippen LogP contribution in [0.15, 0.2) is 12.3 Å². The maximum absolute atomic E-state index is 12.2. The van der Waals surface area contributed by atoms with E-state index in [-0.39, 0.29) is 11.9 Å². The third-order valence-corrected chi connectivity index (χ3v) is 3.29. The highest BCUT2D eigenvalue weighted by Gasteiger charge is 2.17. The van der Waals surface area contributed by atoms with Gasteiger partial charge in [0.25, 0.3) is 5.91 Å². The molecule has 0 spiro atoms. The number of hydrogen-bond donors (Lipinski definition) is 1. The average Bonchev–Trinajstić information content (AvgIpc) is 2.38. The van der Waals surface area contributed by atoms with Crippen molar-refractivity contribution in [3.05, 3.63) is 22.8 Å². The molecule has 0 aliphatic carbocycles. The first kappa shape index (κ1) is 14.8. The maximum Gasteiger partial charge on any atom is 0.255 e. The van der Waals surface area contributed by atoms with Gasteiger partial charge in [0.2, 0.25) is 0 Å². The molecule has 0 aromatic carbocycles. The summed E-state index contributed by atoms with van der Waals surface area (Å²) in [6.45, 7) is 6.77. The van der Waals surface area contributed by atoms with Crippen LogP contribution in [0, 0.1) is 0 Å². The van der Waals surface area contributed by atoms with Crippen LogP contribution in [0.25, 0.3) is 0 Å². The number of carbonyl (C=O) groups excluding carboxylic acids is 1. The van der Waals surface area contributed by atoms with Crippen molar-refractivity contribution in [1.82, 2.24) is 9.88 Å². The smallest absolute Gasteiger partial charge is 0.255 e. The van der Waals surface area contributed by atoms with Crippen molar-refractivity contribution in [1.29, 1.82) is 0 Å². The third kappa shape index (κ3) is 3.35. The quantitative estimate of drug-likeness (QED) is 0.894. The number of nitrogens with one attached hydrogen (secondary N) is 1. The number of amides is 1. The average molecular weight is 270 g/mol. The van der Waals surface area contributed by atoms with E-state index in [9.17, 15) is 4.79 Å². The lowest BCUT2D eigenvalue weighted by atomic mass is 10.2. The van der Waals surface area contributed by atoms with Crippen molar-refractivity contribution in [2.75, 3.05) is 18.9 Å². The summed E-state index contributed by atoms with van der Waals surface area (Å²) in [7, 11) is 1.79. The fourth-order valence-corrected chi connectivity index (χ4v) is 1.76. The Kier molecular flexibility index (Phi) is 5.41. The number of nitrogens with zero attached hydrogens (tertiary/aromatic N) is 2. The highest BCUT2D eigenvalue weighted by Crippen LogP contribution is 2.21.